The quantitative estimate of drug-likeness (QED) is 0.763. The molecule has 7 heteroatoms. The van der Waals surface area contributed by atoms with Crippen LogP contribution in [0.15, 0.2) is 41.3 Å². The Morgan fingerprint density at radius 2 is 1.96 bits per heavy atom. The molecular weight excluding hydrogens is 376 g/mol. The summed E-state index contributed by atoms with van der Waals surface area (Å²) in [4.78, 5) is 37.5. The molecule has 0 saturated carbocycles. The van der Waals surface area contributed by atoms with Gasteiger partial charge in [-0.25, -0.2) is 4.79 Å². The number of esters is 1. The van der Waals surface area contributed by atoms with Crippen molar-refractivity contribution in [3.05, 3.63) is 53.1 Å². The number of carbonyl (C=O) groups is 3. The molecule has 0 fully saturated rings. The number of rotatable bonds is 4. The van der Waals surface area contributed by atoms with Gasteiger partial charge in [0.1, 0.15) is 0 Å². The predicted molar refractivity (Wildman–Crippen MR) is 110 cm³/mol. The van der Waals surface area contributed by atoms with Crippen LogP contribution in [0, 0.1) is 13.8 Å². The number of hydrogen-bond acceptors (Lipinski definition) is 5. The summed E-state index contributed by atoms with van der Waals surface area (Å²) in [6, 6.07) is 10.8. The van der Waals surface area contributed by atoms with Gasteiger partial charge < -0.3 is 15.4 Å². The molecule has 1 aliphatic heterocycles. The van der Waals surface area contributed by atoms with Crippen molar-refractivity contribution in [2.75, 3.05) is 16.4 Å². The van der Waals surface area contributed by atoms with Crippen molar-refractivity contribution in [2.45, 2.75) is 38.2 Å². The summed E-state index contributed by atoms with van der Waals surface area (Å²) in [6.45, 7) is 5.36. The molecule has 1 heterocycles. The molecule has 0 aromatic heterocycles. The van der Waals surface area contributed by atoms with Crippen molar-refractivity contribution in [3.8, 4) is 0 Å². The lowest BCUT2D eigenvalue weighted by Gasteiger charge is -2.16. The molecule has 1 atom stereocenters. The van der Waals surface area contributed by atoms with E-state index in [1.54, 1.807) is 30.0 Å². The maximum atomic E-state index is 12.5. The SMILES string of the molecule is Cc1ccc(C)c(NC(=O)[C@H](C)OC(=O)c2ccc3c(c2)NC(=O)CCS3)c1. The first kappa shape index (κ1) is 19.9. The average Bonchev–Trinajstić information content (AvgIpc) is 2.84. The third-order valence-electron chi connectivity index (χ3n) is 4.38. The van der Waals surface area contributed by atoms with Crippen LogP contribution < -0.4 is 10.6 Å². The van der Waals surface area contributed by atoms with Crippen LogP contribution >= 0.6 is 11.8 Å². The first-order chi connectivity index (χ1) is 13.3. The number of anilines is 2. The van der Waals surface area contributed by atoms with Crippen LogP contribution in [0.3, 0.4) is 0 Å². The third kappa shape index (κ3) is 4.72. The van der Waals surface area contributed by atoms with Crippen molar-refractivity contribution in [2.24, 2.45) is 0 Å². The monoisotopic (exact) mass is 398 g/mol. The number of carbonyl (C=O) groups excluding carboxylic acids is 3. The molecule has 146 valence electrons. The van der Waals surface area contributed by atoms with Gasteiger partial charge in [-0.1, -0.05) is 12.1 Å². The Morgan fingerprint density at radius 3 is 2.75 bits per heavy atom. The van der Waals surface area contributed by atoms with Crippen LogP contribution in [-0.4, -0.2) is 29.6 Å². The normalized spacial score (nSPS) is 14.3. The summed E-state index contributed by atoms with van der Waals surface area (Å²) in [5.41, 5.74) is 3.52. The Kier molecular flexibility index (Phi) is 6.04. The third-order valence-corrected chi connectivity index (χ3v) is 5.46. The topological polar surface area (TPSA) is 84.5 Å². The lowest BCUT2D eigenvalue weighted by molar-refractivity contribution is -0.123. The molecule has 2 N–H and O–H groups in total. The van der Waals surface area contributed by atoms with E-state index in [0.717, 1.165) is 16.0 Å². The number of amides is 2. The summed E-state index contributed by atoms with van der Waals surface area (Å²) in [5.74, 6) is -0.410. The highest BCUT2D eigenvalue weighted by Gasteiger charge is 2.21. The molecule has 2 aromatic rings. The highest BCUT2D eigenvalue weighted by Crippen LogP contribution is 2.31. The van der Waals surface area contributed by atoms with Crippen molar-refractivity contribution in [3.63, 3.8) is 0 Å². The molecular formula is C21H22N2O4S. The second-order valence-electron chi connectivity index (χ2n) is 6.71. The van der Waals surface area contributed by atoms with Crippen molar-refractivity contribution in [1.82, 2.24) is 0 Å². The number of ether oxygens (including phenoxy) is 1. The van der Waals surface area contributed by atoms with Crippen LogP contribution in [0.5, 0.6) is 0 Å². The van der Waals surface area contributed by atoms with Gasteiger partial charge in [0.25, 0.3) is 5.91 Å². The number of thioether (sulfide) groups is 1. The zero-order valence-electron chi connectivity index (χ0n) is 16.0. The van der Waals surface area contributed by atoms with Crippen LogP contribution in [0.2, 0.25) is 0 Å². The Bertz CT molecular complexity index is 942. The van der Waals surface area contributed by atoms with Gasteiger partial charge >= 0.3 is 5.97 Å². The fraction of sp³-hybridized carbons (Fsp3) is 0.286. The first-order valence-corrected chi connectivity index (χ1v) is 9.98. The van der Waals surface area contributed by atoms with E-state index in [0.29, 0.717) is 23.5 Å². The Hall–Kier alpha value is -2.80. The second kappa shape index (κ2) is 8.48. The minimum Gasteiger partial charge on any atom is -0.449 e. The summed E-state index contributed by atoms with van der Waals surface area (Å²) >= 11 is 1.56. The molecule has 0 unspecified atom stereocenters. The van der Waals surface area contributed by atoms with Gasteiger partial charge in [-0.15, -0.1) is 11.8 Å². The number of nitrogens with one attached hydrogen (secondary N) is 2. The highest BCUT2D eigenvalue weighted by molar-refractivity contribution is 7.99. The zero-order chi connectivity index (χ0) is 20.3. The van der Waals surface area contributed by atoms with Crippen molar-refractivity contribution in [1.29, 1.82) is 0 Å². The van der Waals surface area contributed by atoms with Crippen molar-refractivity contribution < 1.29 is 19.1 Å². The predicted octanol–water partition coefficient (Wildman–Crippen LogP) is 3.92. The minimum atomic E-state index is -0.963. The Balaban J connectivity index is 1.67. The Morgan fingerprint density at radius 1 is 1.18 bits per heavy atom. The summed E-state index contributed by atoms with van der Waals surface area (Å²) in [5, 5.41) is 5.59. The van der Waals surface area contributed by atoms with Gasteiger partial charge in [-0.05, 0) is 56.2 Å². The van der Waals surface area contributed by atoms with E-state index in [-0.39, 0.29) is 11.5 Å². The second-order valence-corrected chi connectivity index (χ2v) is 7.85. The molecule has 0 spiro atoms. The molecule has 0 aliphatic carbocycles. The average molecular weight is 398 g/mol. The highest BCUT2D eigenvalue weighted by atomic mass is 32.2. The molecule has 2 aromatic carbocycles. The largest absolute Gasteiger partial charge is 0.449 e. The van der Waals surface area contributed by atoms with Crippen LogP contribution in [-0.2, 0) is 14.3 Å². The number of benzene rings is 2. The van der Waals surface area contributed by atoms with Crippen LogP contribution in [0.4, 0.5) is 11.4 Å². The maximum absolute atomic E-state index is 12.5. The smallest absolute Gasteiger partial charge is 0.338 e. The standard InChI is InChI=1S/C21H22N2O4S/c1-12-4-5-13(2)16(10-12)23-20(25)14(3)27-21(26)15-6-7-18-17(11-15)22-19(24)8-9-28-18/h4-7,10-11,14H,8-9H2,1-3H3,(H,22,24)(H,23,25)/t14-/m0/s1. The van der Waals surface area contributed by atoms with E-state index in [4.69, 9.17) is 4.74 Å². The zero-order valence-corrected chi connectivity index (χ0v) is 16.8. The fourth-order valence-corrected chi connectivity index (χ4v) is 3.67. The van der Waals surface area contributed by atoms with E-state index in [1.807, 2.05) is 32.0 Å². The molecule has 0 saturated heterocycles. The summed E-state index contributed by atoms with van der Waals surface area (Å²) in [6.07, 6.45) is -0.537. The molecule has 3 rings (SSSR count). The van der Waals surface area contributed by atoms with E-state index >= 15 is 0 Å². The van der Waals surface area contributed by atoms with E-state index in [9.17, 15) is 14.4 Å². The molecule has 0 radical (unpaired) electrons. The van der Waals surface area contributed by atoms with Crippen LogP contribution in [0.25, 0.3) is 0 Å². The van der Waals surface area contributed by atoms with Crippen molar-refractivity contribution >= 4 is 40.9 Å². The number of hydrogen-bond donors (Lipinski definition) is 2. The van der Waals surface area contributed by atoms with E-state index in [1.165, 1.54) is 6.92 Å². The first-order valence-electron chi connectivity index (χ1n) is 8.99. The van der Waals surface area contributed by atoms with Gasteiger partial charge in [0, 0.05) is 22.8 Å². The van der Waals surface area contributed by atoms with E-state index in [2.05, 4.69) is 10.6 Å². The van der Waals surface area contributed by atoms with E-state index < -0.39 is 18.0 Å². The number of aryl methyl sites for hydroxylation is 2. The summed E-state index contributed by atoms with van der Waals surface area (Å²) < 4.78 is 5.32. The molecule has 6 nitrogen and oxygen atoms in total. The van der Waals surface area contributed by atoms with Gasteiger partial charge in [-0.2, -0.15) is 0 Å². The van der Waals surface area contributed by atoms with Gasteiger partial charge in [0.15, 0.2) is 6.10 Å². The summed E-state index contributed by atoms with van der Waals surface area (Å²) in [7, 11) is 0. The van der Waals surface area contributed by atoms with Gasteiger partial charge in [0.2, 0.25) is 5.91 Å². The van der Waals surface area contributed by atoms with Crippen LogP contribution in [0.1, 0.15) is 34.8 Å². The molecule has 0 bridgehead atoms. The molecule has 2 amide bonds. The van der Waals surface area contributed by atoms with Gasteiger partial charge in [0.05, 0.1) is 11.3 Å². The molecule has 1 aliphatic rings. The lowest BCUT2D eigenvalue weighted by Crippen LogP contribution is -2.30. The molecule has 28 heavy (non-hydrogen) atoms. The lowest BCUT2D eigenvalue weighted by atomic mass is 10.1. The maximum Gasteiger partial charge on any atom is 0.338 e. The minimum absolute atomic E-state index is 0.0852. The Labute approximate surface area is 168 Å². The number of fused-ring (bicyclic) bond motifs is 1. The fourth-order valence-electron chi connectivity index (χ4n) is 2.73. The van der Waals surface area contributed by atoms with Gasteiger partial charge in [-0.3, -0.25) is 9.59 Å².